The topological polar surface area (TPSA) is 15.3 Å². The van der Waals surface area contributed by atoms with E-state index in [4.69, 9.17) is 6.42 Å². The molecule has 0 amide bonds. The van der Waals surface area contributed by atoms with Gasteiger partial charge in [0.25, 0.3) is 0 Å². The molecule has 0 saturated carbocycles. The SMILES string of the molecule is C#CCN(C)C1CC2CCC(C1)N2. The van der Waals surface area contributed by atoms with Crippen LogP contribution in [0.2, 0.25) is 0 Å². The van der Waals surface area contributed by atoms with Gasteiger partial charge in [-0.25, -0.2) is 0 Å². The van der Waals surface area contributed by atoms with E-state index in [1.165, 1.54) is 25.7 Å². The molecule has 2 heterocycles. The smallest absolute Gasteiger partial charge is 0.0598 e. The molecule has 0 aromatic heterocycles. The van der Waals surface area contributed by atoms with E-state index in [-0.39, 0.29) is 0 Å². The third-order valence-corrected chi connectivity index (χ3v) is 3.41. The first-order chi connectivity index (χ1) is 6.29. The molecule has 0 aromatic carbocycles. The second-order valence-corrected chi connectivity index (χ2v) is 4.38. The molecule has 0 aromatic rings. The molecule has 2 saturated heterocycles. The molecule has 2 aliphatic heterocycles. The molecule has 2 heteroatoms. The summed E-state index contributed by atoms with van der Waals surface area (Å²) in [6.45, 7) is 0.796. The number of rotatable bonds is 2. The molecule has 13 heavy (non-hydrogen) atoms. The van der Waals surface area contributed by atoms with Gasteiger partial charge in [0.15, 0.2) is 0 Å². The molecular weight excluding hydrogens is 160 g/mol. The van der Waals surface area contributed by atoms with Gasteiger partial charge < -0.3 is 5.32 Å². The van der Waals surface area contributed by atoms with Gasteiger partial charge in [0.1, 0.15) is 0 Å². The summed E-state index contributed by atoms with van der Waals surface area (Å²) in [6.07, 6.45) is 10.6. The molecule has 0 radical (unpaired) electrons. The molecule has 72 valence electrons. The third-order valence-electron chi connectivity index (χ3n) is 3.41. The second kappa shape index (κ2) is 3.69. The van der Waals surface area contributed by atoms with Crippen molar-refractivity contribution in [2.45, 2.75) is 43.8 Å². The van der Waals surface area contributed by atoms with Gasteiger partial charge in [0.05, 0.1) is 6.54 Å². The zero-order valence-electron chi connectivity index (χ0n) is 8.29. The summed E-state index contributed by atoms with van der Waals surface area (Å²) >= 11 is 0. The molecule has 2 nitrogen and oxygen atoms in total. The van der Waals surface area contributed by atoms with E-state index in [1.807, 2.05) is 0 Å². The van der Waals surface area contributed by atoms with Gasteiger partial charge in [-0.15, -0.1) is 6.42 Å². The average molecular weight is 178 g/mol. The zero-order chi connectivity index (χ0) is 9.26. The lowest BCUT2D eigenvalue weighted by atomic mass is 9.99. The normalized spacial score (nSPS) is 37.8. The highest BCUT2D eigenvalue weighted by Gasteiger charge is 2.34. The number of hydrogen-bond donors (Lipinski definition) is 1. The summed E-state index contributed by atoms with van der Waals surface area (Å²) in [5.74, 6) is 2.72. The first-order valence-electron chi connectivity index (χ1n) is 5.19. The van der Waals surface area contributed by atoms with Crippen molar-refractivity contribution in [2.75, 3.05) is 13.6 Å². The maximum Gasteiger partial charge on any atom is 0.0598 e. The summed E-state index contributed by atoms with van der Waals surface area (Å²) in [5, 5.41) is 3.64. The fourth-order valence-corrected chi connectivity index (χ4v) is 2.66. The van der Waals surface area contributed by atoms with Crippen molar-refractivity contribution in [1.82, 2.24) is 10.2 Å². The lowest BCUT2D eigenvalue weighted by Gasteiger charge is -2.34. The minimum absolute atomic E-state index is 0.717. The van der Waals surface area contributed by atoms with Gasteiger partial charge in [-0.2, -0.15) is 0 Å². The van der Waals surface area contributed by atoms with Crippen LogP contribution in [0.15, 0.2) is 0 Å². The van der Waals surface area contributed by atoms with Crippen LogP contribution in [-0.4, -0.2) is 36.6 Å². The van der Waals surface area contributed by atoms with Gasteiger partial charge in [0, 0.05) is 18.1 Å². The Kier molecular flexibility index (Phi) is 2.57. The Balaban J connectivity index is 1.91. The highest BCUT2D eigenvalue weighted by Crippen LogP contribution is 2.28. The summed E-state index contributed by atoms with van der Waals surface area (Å²) in [5.41, 5.74) is 0. The van der Waals surface area contributed by atoms with Crippen LogP contribution in [0.1, 0.15) is 25.7 Å². The molecule has 2 rings (SSSR count). The van der Waals surface area contributed by atoms with Crippen molar-refractivity contribution in [3.63, 3.8) is 0 Å². The van der Waals surface area contributed by atoms with Gasteiger partial charge in [-0.05, 0) is 32.7 Å². The standard InChI is InChI=1S/C11H18N2/c1-3-6-13(2)11-7-9-4-5-10(8-11)12-9/h1,9-12H,4-8H2,2H3. The Morgan fingerprint density at radius 3 is 2.54 bits per heavy atom. The molecule has 2 fully saturated rings. The van der Waals surface area contributed by atoms with Crippen molar-refractivity contribution in [3.8, 4) is 12.3 Å². The Labute approximate surface area is 80.7 Å². The van der Waals surface area contributed by atoms with Crippen LogP contribution in [0, 0.1) is 12.3 Å². The fourth-order valence-electron chi connectivity index (χ4n) is 2.66. The van der Waals surface area contributed by atoms with Crippen molar-refractivity contribution in [1.29, 1.82) is 0 Å². The quantitative estimate of drug-likeness (QED) is 0.630. The van der Waals surface area contributed by atoms with Crippen LogP contribution < -0.4 is 5.32 Å². The maximum absolute atomic E-state index is 5.31. The van der Waals surface area contributed by atoms with E-state index in [1.54, 1.807) is 0 Å². The van der Waals surface area contributed by atoms with Crippen LogP contribution in [0.4, 0.5) is 0 Å². The first-order valence-corrected chi connectivity index (χ1v) is 5.19. The van der Waals surface area contributed by atoms with Crippen LogP contribution in [0.25, 0.3) is 0 Å². The number of terminal acetylenes is 1. The average Bonchev–Trinajstić information content (AvgIpc) is 2.46. The van der Waals surface area contributed by atoms with Crippen molar-refractivity contribution >= 4 is 0 Å². The number of nitrogens with zero attached hydrogens (tertiary/aromatic N) is 1. The first kappa shape index (κ1) is 9.05. The number of nitrogens with one attached hydrogen (secondary N) is 1. The predicted octanol–water partition coefficient (Wildman–Crippen LogP) is 0.834. The van der Waals surface area contributed by atoms with Crippen LogP contribution in [0.5, 0.6) is 0 Å². The van der Waals surface area contributed by atoms with E-state index >= 15 is 0 Å². The number of fused-ring (bicyclic) bond motifs is 2. The largest absolute Gasteiger partial charge is 0.311 e. The fraction of sp³-hybridized carbons (Fsp3) is 0.818. The van der Waals surface area contributed by atoms with Gasteiger partial charge >= 0.3 is 0 Å². The maximum atomic E-state index is 5.31. The van der Waals surface area contributed by atoms with Crippen LogP contribution >= 0.6 is 0 Å². The van der Waals surface area contributed by atoms with E-state index < -0.39 is 0 Å². The monoisotopic (exact) mass is 178 g/mol. The summed E-state index contributed by atoms with van der Waals surface area (Å²) in [6, 6.07) is 2.25. The minimum Gasteiger partial charge on any atom is -0.311 e. The van der Waals surface area contributed by atoms with E-state index in [0.29, 0.717) is 0 Å². The van der Waals surface area contributed by atoms with Crippen molar-refractivity contribution in [3.05, 3.63) is 0 Å². The molecule has 2 bridgehead atoms. The predicted molar refractivity (Wildman–Crippen MR) is 54.4 cm³/mol. The lowest BCUT2D eigenvalue weighted by Crippen LogP contribution is -2.47. The van der Waals surface area contributed by atoms with Crippen molar-refractivity contribution < 1.29 is 0 Å². The van der Waals surface area contributed by atoms with Gasteiger partial charge in [-0.1, -0.05) is 5.92 Å². The highest BCUT2D eigenvalue weighted by molar-refractivity contribution is 4.97. The van der Waals surface area contributed by atoms with Gasteiger partial charge in [-0.3, -0.25) is 4.90 Å². The molecule has 2 aliphatic rings. The molecule has 0 aliphatic carbocycles. The lowest BCUT2D eigenvalue weighted by molar-refractivity contribution is 0.189. The van der Waals surface area contributed by atoms with Gasteiger partial charge in [0.2, 0.25) is 0 Å². The van der Waals surface area contributed by atoms with Crippen molar-refractivity contribution in [2.24, 2.45) is 0 Å². The second-order valence-electron chi connectivity index (χ2n) is 4.38. The summed E-state index contributed by atoms with van der Waals surface area (Å²) < 4.78 is 0. The van der Waals surface area contributed by atoms with E-state index in [2.05, 4.69) is 23.2 Å². The van der Waals surface area contributed by atoms with E-state index in [0.717, 1.165) is 24.7 Å². The Bertz CT molecular complexity index is 207. The molecular formula is C11H18N2. The molecule has 2 atom stereocenters. The number of hydrogen-bond acceptors (Lipinski definition) is 2. The van der Waals surface area contributed by atoms with E-state index in [9.17, 15) is 0 Å². The third kappa shape index (κ3) is 1.87. The Hall–Kier alpha value is -0.520. The number of piperidine rings is 1. The minimum atomic E-state index is 0.717. The summed E-state index contributed by atoms with van der Waals surface area (Å²) in [4.78, 5) is 2.33. The Morgan fingerprint density at radius 2 is 2.00 bits per heavy atom. The highest BCUT2D eigenvalue weighted by atomic mass is 15.2. The summed E-state index contributed by atoms with van der Waals surface area (Å²) in [7, 11) is 2.15. The Morgan fingerprint density at radius 1 is 1.38 bits per heavy atom. The van der Waals surface area contributed by atoms with Crippen LogP contribution in [-0.2, 0) is 0 Å². The molecule has 0 spiro atoms. The zero-order valence-corrected chi connectivity index (χ0v) is 8.29. The molecule has 2 unspecified atom stereocenters. The molecule has 1 N–H and O–H groups in total. The van der Waals surface area contributed by atoms with Crippen LogP contribution in [0.3, 0.4) is 0 Å².